The molecule has 2 rings (SSSR count). The van der Waals surface area contributed by atoms with E-state index in [1.807, 2.05) is 60.7 Å². The Labute approximate surface area is 124 Å². The zero-order valence-electron chi connectivity index (χ0n) is 11.9. The van der Waals surface area contributed by atoms with Gasteiger partial charge in [0.1, 0.15) is 6.29 Å². The van der Waals surface area contributed by atoms with Crippen molar-refractivity contribution < 1.29 is 14.3 Å². The van der Waals surface area contributed by atoms with Crippen molar-refractivity contribution in [3.8, 4) is 0 Å². The largest absolute Gasteiger partial charge is 0.453 e. The van der Waals surface area contributed by atoms with Gasteiger partial charge in [0.15, 0.2) is 6.10 Å². The fourth-order valence-electron chi connectivity index (χ4n) is 2.07. The van der Waals surface area contributed by atoms with Crippen LogP contribution in [0.4, 0.5) is 0 Å². The van der Waals surface area contributed by atoms with Gasteiger partial charge in [0, 0.05) is 5.92 Å². The molecule has 0 radical (unpaired) electrons. The summed E-state index contributed by atoms with van der Waals surface area (Å²) in [5.41, 5.74) is 1.83. The highest BCUT2D eigenvalue weighted by molar-refractivity contribution is 5.74. The summed E-state index contributed by atoms with van der Waals surface area (Å²) < 4.78 is 5.60. The molecule has 1 atom stereocenters. The van der Waals surface area contributed by atoms with Gasteiger partial charge in [-0.15, -0.1) is 0 Å². The van der Waals surface area contributed by atoms with Gasteiger partial charge in [-0.25, -0.2) is 0 Å². The highest BCUT2D eigenvalue weighted by atomic mass is 16.5. The van der Waals surface area contributed by atoms with E-state index in [-0.39, 0.29) is 18.3 Å². The molecule has 1 unspecified atom stereocenters. The maximum absolute atomic E-state index is 12.0. The first-order chi connectivity index (χ1) is 10.2. The Morgan fingerprint density at radius 3 is 1.90 bits per heavy atom. The number of ether oxygens (including phenoxy) is 1. The number of carbonyl (C=O) groups is 2. The summed E-state index contributed by atoms with van der Waals surface area (Å²) >= 11 is 0. The first-order valence-electron chi connectivity index (χ1n) is 6.95. The zero-order chi connectivity index (χ0) is 15.1. The summed E-state index contributed by atoms with van der Waals surface area (Å²) in [6.45, 7) is 1.70. The van der Waals surface area contributed by atoms with E-state index in [0.29, 0.717) is 0 Å². The van der Waals surface area contributed by atoms with Crippen molar-refractivity contribution in [3.05, 3.63) is 71.8 Å². The molecule has 0 fully saturated rings. The molecule has 0 aliphatic heterocycles. The number of aldehydes is 1. The third kappa shape index (κ3) is 4.28. The summed E-state index contributed by atoms with van der Waals surface area (Å²) in [5.74, 6) is -0.697. The highest BCUT2D eigenvalue weighted by Crippen LogP contribution is 2.26. The van der Waals surface area contributed by atoms with Crippen molar-refractivity contribution in [2.24, 2.45) is 5.92 Å². The zero-order valence-corrected chi connectivity index (χ0v) is 11.9. The van der Waals surface area contributed by atoms with Crippen molar-refractivity contribution in [2.75, 3.05) is 0 Å². The van der Waals surface area contributed by atoms with Gasteiger partial charge in [0.05, 0.1) is 6.42 Å². The molecule has 108 valence electrons. The predicted octanol–water partition coefficient (Wildman–Crippen LogP) is 3.54. The van der Waals surface area contributed by atoms with Crippen LogP contribution in [-0.4, -0.2) is 12.3 Å². The Balaban J connectivity index is 2.21. The Kier molecular flexibility index (Phi) is 5.27. The van der Waals surface area contributed by atoms with Crippen LogP contribution in [0.15, 0.2) is 60.7 Å². The number of carbonyl (C=O) groups excluding carboxylic acids is 2. The first kappa shape index (κ1) is 15.0. The topological polar surface area (TPSA) is 43.4 Å². The number of esters is 1. The Morgan fingerprint density at radius 1 is 1.00 bits per heavy atom. The quantitative estimate of drug-likeness (QED) is 0.601. The lowest BCUT2D eigenvalue weighted by Crippen LogP contribution is -2.15. The van der Waals surface area contributed by atoms with Crippen LogP contribution in [0.1, 0.15) is 30.6 Å². The first-order valence-corrected chi connectivity index (χ1v) is 6.95. The van der Waals surface area contributed by atoms with Crippen molar-refractivity contribution in [1.82, 2.24) is 0 Å². The maximum Gasteiger partial charge on any atom is 0.307 e. The van der Waals surface area contributed by atoms with E-state index in [1.54, 1.807) is 6.92 Å². The molecule has 0 amide bonds. The fourth-order valence-corrected chi connectivity index (χ4v) is 2.07. The normalized spacial score (nSPS) is 11.9. The molecule has 0 heterocycles. The molecule has 0 saturated carbocycles. The highest BCUT2D eigenvalue weighted by Gasteiger charge is 2.19. The van der Waals surface area contributed by atoms with E-state index in [0.717, 1.165) is 17.4 Å². The summed E-state index contributed by atoms with van der Waals surface area (Å²) in [6.07, 6.45) is 0.416. The molecule has 0 saturated heterocycles. The standard InChI is InChI=1S/C18H18O3/c1-14(13-19)12-17(20)21-18(15-8-4-2-5-9-15)16-10-6-3-7-11-16/h2-11,13-14,18H,12H2,1H3. The number of hydrogen-bond acceptors (Lipinski definition) is 3. The molecule has 0 aliphatic rings. The molecule has 21 heavy (non-hydrogen) atoms. The Hall–Kier alpha value is -2.42. The summed E-state index contributed by atoms with van der Waals surface area (Å²) in [6, 6.07) is 19.2. The molecule has 3 nitrogen and oxygen atoms in total. The smallest absolute Gasteiger partial charge is 0.307 e. The lowest BCUT2D eigenvalue weighted by atomic mass is 10.0. The predicted molar refractivity (Wildman–Crippen MR) is 80.7 cm³/mol. The molecule has 0 spiro atoms. The second kappa shape index (κ2) is 7.39. The van der Waals surface area contributed by atoms with E-state index in [1.165, 1.54) is 0 Å². The van der Waals surface area contributed by atoms with E-state index in [4.69, 9.17) is 4.74 Å². The van der Waals surface area contributed by atoms with Crippen LogP contribution in [0.2, 0.25) is 0 Å². The lowest BCUT2D eigenvalue weighted by molar-refractivity contribution is -0.149. The second-order valence-electron chi connectivity index (χ2n) is 5.01. The molecule has 2 aromatic rings. The monoisotopic (exact) mass is 282 g/mol. The minimum atomic E-state index is -0.446. The van der Waals surface area contributed by atoms with Crippen LogP contribution in [0.25, 0.3) is 0 Å². The van der Waals surface area contributed by atoms with Crippen molar-refractivity contribution in [1.29, 1.82) is 0 Å². The summed E-state index contributed by atoms with van der Waals surface area (Å²) in [7, 11) is 0. The van der Waals surface area contributed by atoms with E-state index < -0.39 is 6.10 Å². The van der Waals surface area contributed by atoms with Gasteiger partial charge in [0.25, 0.3) is 0 Å². The molecule has 2 aromatic carbocycles. The van der Waals surface area contributed by atoms with Crippen LogP contribution in [0, 0.1) is 5.92 Å². The van der Waals surface area contributed by atoms with E-state index in [9.17, 15) is 9.59 Å². The molecular formula is C18H18O3. The Bertz CT molecular complexity index is 538. The van der Waals surface area contributed by atoms with Gasteiger partial charge in [-0.2, -0.15) is 0 Å². The third-order valence-corrected chi connectivity index (χ3v) is 3.17. The van der Waals surface area contributed by atoms with Crippen LogP contribution >= 0.6 is 0 Å². The van der Waals surface area contributed by atoms with Gasteiger partial charge in [-0.3, -0.25) is 4.79 Å². The van der Waals surface area contributed by atoms with Crippen molar-refractivity contribution in [3.63, 3.8) is 0 Å². The average molecular weight is 282 g/mol. The average Bonchev–Trinajstić information content (AvgIpc) is 2.54. The van der Waals surface area contributed by atoms with Gasteiger partial charge in [-0.05, 0) is 11.1 Å². The second-order valence-corrected chi connectivity index (χ2v) is 5.01. The SMILES string of the molecule is CC(C=O)CC(=O)OC(c1ccccc1)c1ccccc1. The molecule has 0 aliphatic carbocycles. The van der Waals surface area contributed by atoms with Crippen molar-refractivity contribution in [2.45, 2.75) is 19.4 Å². The number of hydrogen-bond donors (Lipinski definition) is 0. The third-order valence-electron chi connectivity index (χ3n) is 3.17. The molecular weight excluding hydrogens is 264 g/mol. The minimum Gasteiger partial charge on any atom is -0.453 e. The van der Waals surface area contributed by atoms with Gasteiger partial charge >= 0.3 is 5.97 Å². The van der Waals surface area contributed by atoms with Crippen LogP contribution in [0.3, 0.4) is 0 Å². The van der Waals surface area contributed by atoms with Gasteiger partial charge in [-0.1, -0.05) is 67.6 Å². The van der Waals surface area contributed by atoms with Crippen molar-refractivity contribution >= 4 is 12.3 Å². The van der Waals surface area contributed by atoms with Crippen LogP contribution in [-0.2, 0) is 14.3 Å². The van der Waals surface area contributed by atoms with Gasteiger partial charge in [0.2, 0.25) is 0 Å². The Morgan fingerprint density at radius 2 is 1.48 bits per heavy atom. The fraction of sp³-hybridized carbons (Fsp3) is 0.222. The summed E-state index contributed by atoms with van der Waals surface area (Å²) in [5, 5.41) is 0. The molecule has 0 aromatic heterocycles. The molecule has 0 N–H and O–H groups in total. The van der Waals surface area contributed by atoms with E-state index >= 15 is 0 Å². The molecule has 3 heteroatoms. The lowest BCUT2D eigenvalue weighted by Gasteiger charge is -2.19. The number of rotatable bonds is 6. The molecule has 0 bridgehead atoms. The van der Waals surface area contributed by atoms with Gasteiger partial charge < -0.3 is 9.53 Å². The van der Waals surface area contributed by atoms with Crippen LogP contribution in [0.5, 0.6) is 0 Å². The summed E-state index contributed by atoms with van der Waals surface area (Å²) in [4.78, 5) is 22.6. The number of benzene rings is 2. The minimum absolute atomic E-state index is 0.0969. The van der Waals surface area contributed by atoms with Crippen LogP contribution < -0.4 is 0 Å². The maximum atomic E-state index is 12.0. The van der Waals surface area contributed by atoms with E-state index in [2.05, 4.69) is 0 Å².